The van der Waals surface area contributed by atoms with Crippen LogP contribution in [0.4, 0.5) is 0 Å². The van der Waals surface area contributed by atoms with Crippen LogP contribution in [-0.4, -0.2) is 30.5 Å². The van der Waals surface area contributed by atoms with Gasteiger partial charge in [-0.05, 0) is 50.2 Å². The van der Waals surface area contributed by atoms with Crippen molar-refractivity contribution in [1.82, 2.24) is 14.1 Å². The van der Waals surface area contributed by atoms with Crippen LogP contribution < -0.4 is 9.46 Å². The number of fused-ring (bicyclic) bond motifs is 1. The molecule has 0 bridgehead atoms. The molecule has 132 valence electrons. The monoisotopic (exact) mass is 359 g/mol. The zero-order valence-corrected chi connectivity index (χ0v) is 15.0. The summed E-state index contributed by atoms with van der Waals surface area (Å²) in [5.74, 6) is 0.652. The number of nitrogens with one attached hydrogen (secondary N) is 1. The van der Waals surface area contributed by atoms with Gasteiger partial charge in [0.2, 0.25) is 10.0 Å². The van der Waals surface area contributed by atoms with Gasteiger partial charge in [-0.15, -0.1) is 0 Å². The summed E-state index contributed by atoms with van der Waals surface area (Å²) in [6.07, 6.45) is 4.39. The van der Waals surface area contributed by atoms with E-state index in [0.717, 1.165) is 11.3 Å². The second-order valence-corrected chi connectivity index (χ2v) is 7.75. The number of imidazole rings is 1. The Balaban J connectivity index is 1.61. The van der Waals surface area contributed by atoms with Crippen LogP contribution in [-0.2, 0) is 16.4 Å². The number of ether oxygens (including phenoxy) is 1. The summed E-state index contributed by atoms with van der Waals surface area (Å²) in [5, 5.41) is 0. The fraction of sp³-hybridized carbons (Fsp3) is 0.278. The molecule has 0 aliphatic carbocycles. The van der Waals surface area contributed by atoms with Crippen LogP contribution in [0.15, 0.2) is 59.8 Å². The van der Waals surface area contributed by atoms with Crippen LogP contribution in [0.3, 0.4) is 0 Å². The lowest BCUT2D eigenvalue weighted by Gasteiger charge is -2.10. The largest absolute Gasteiger partial charge is 0.491 e. The van der Waals surface area contributed by atoms with Gasteiger partial charge in [0.15, 0.2) is 0 Å². The van der Waals surface area contributed by atoms with E-state index in [0.29, 0.717) is 12.2 Å². The fourth-order valence-electron chi connectivity index (χ4n) is 2.47. The third kappa shape index (κ3) is 4.37. The van der Waals surface area contributed by atoms with Gasteiger partial charge in [0.25, 0.3) is 0 Å². The van der Waals surface area contributed by atoms with Crippen LogP contribution in [0.5, 0.6) is 5.75 Å². The summed E-state index contributed by atoms with van der Waals surface area (Å²) in [6, 6.07) is 12.2. The summed E-state index contributed by atoms with van der Waals surface area (Å²) in [6.45, 7) is 4.13. The quantitative estimate of drug-likeness (QED) is 0.704. The predicted octanol–water partition coefficient (Wildman–Crippen LogP) is 2.64. The van der Waals surface area contributed by atoms with Gasteiger partial charge >= 0.3 is 0 Å². The van der Waals surface area contributed by atoms with E-state index in [1.807, 2.05) is 48.8 Å². The van der Waals surface area contributed by atoms with Crippen LogP contribution in [0.25, 0.3) is 5.65 Å². The molecule has 0 unspecified atom stereocenters. The molecule has 2 heterocycles. The number of aromatic nitrogens is 2. The van der Waals surface area contributed by atoms with Crippen molar-refractivity contribution in [3.63, 3.8) is 0 Å². The first kappa shape index (κ1) is 17.4. The first-order valence-corrected chi connectivity index (χ1v) is 9.61. The van der Waals surface area contributed by atoms with E-state index >= 15 is 0 Å². The van der Waals surface area contributed by atoms with Crippen molar-refractivity contribution >= 4 is 15.7 Å². The van der Waals surface area contributed by atoms with Crippen molar-refractivity contribution in [3.8, 4) is 5.75 Å². The van der Waals surface area contributed by atoms with Crippen molar-refractivity contribution in [1.29, 1.82) is 0 Å². The smallest absolute Gasteiger partial charge is 0.240 e. The van der Waals surface area contributed by atoms with Gasteiger partial charge < -0.3 is 9.14 Å². The highest BCUT2D eigenvalue weighted by atomic mass is 32.2. The van der Waals surface area contributed by atoms with E-state index in [-0.39, 0.29) is 17.5 Å². The van der Waals surface area contributed by atoms with Crippen LogP contribution in [0.1, 0.15) is 19.5 Å². The third-order valence-corrected chi connectivity index (χ3v) is 5.07. The molecule has 0 radical (unpaired) electrons. The number of benzene rings is 1. The topological polar surface area (TPSA) is 72.7 Å². The van der Waals surface area contributed by atoms with Crippen molar-refractivity contribution < 1.29 is 13.2 Å². The summed E-state index contributed by atoms with van der Waals surface area (Å²) in [7, 11) is -3.55. The minimum Gasteiger partial charge on any atom is -0.491 e. The fourth-order valence-corrected chi connectivity index (χ4v) is 3.51. The molecule has 1 aromatic carbocycles. The molecule has 0 amide bonds. The molecular weight excluding hydrogens is 338 g/mol. The van der Waals surface area contributed by atoms with Crippen molar-refractivity contribution in [2.75, 3.05) is 6.54 Å². The molecule has 0 aliphatic rings. The van der Waals surface area contributed by atoms with Crippen LogP contribution >= 0.6 is 0 Å². The zero-order chi connectivity index (χ0) is 17.9. The molecule has 0 spiro atoms. The molecule has 3 aromatic rings. The molecule has 0 atom stereocenters. The lowest BCUT2D eigenvalue weighted by molar-refractivity contribution is 0.242. The lowest BCUT2D eigenvalue weighted by Crippen LogP contribution is -2.26. The van der Waals surface area contributed by atoms with Gasteiger partial charge in [-0.1, -0.05) is 6.07 Å². The number of pyridine rings is 1. The first-order chi connectivity index (χ1) is 11.9. The van der Waals surface area contributed by atoms with Crippen LogP contribution in [0.2, 0.25) is 0 Å². The SMILES string of the molecule is CC(C)Oc1ccc(S(=O)(=O)NCCc2cn3ccccc3n2)cc1. The molecule has 0 saturated heterocycles. The Morgan fingerprint density at radius 2 is 1.92 bits per heavy atom. The number of sulfonamides is 1. The Labute approximate surface area is 147 Å². The minimum atomic E-state index is -3.55. The van der Waals surface area contributed by atoms with Gasteiger partial charge in [-0.2, -0.15) is 0 Å². The molecule has 1 N–H and O–H groups in total. The van der Waals surface area contributed by atoms with E-state index in [4.69, 9.17) is 4.74 Å². The standard InChI is InChI=1S/C18H21N3O3S/c1-14(2)24-16-6-8-17(9-7-16)25(22,23)19-11-10-15-13-21-12-4-3-5-18(21)20-15/h3-9,12-14,19H,10-11H2,1-2H3. The molecule has 0 saturated carbocycles. The Morgan fingerprint density at radius 3 is 2.60 bits per heavy atom. The summed E-state index contributed by atoms with van der Waals surface area (Å²) < 4.78 is 34.7. The highest BCUT2D eigenvalue weighted by Gasteiger charge is 2.14. The first-order valence-electron chi connectivity index (χ1n) is 8.13. The Morgan fingerprint density at radius 1 is 1.16 bits per heavy atom. The average Bonchev–Trinajstić information content (AvgIpc) is 2.97. The molecule has 25 heavy (non-hydrogen) atoms. The highest BCUT2D eigenvalue weighted by Crippen LogP contribution is 2.17. The zero-order valence-electron chi connectivity index (χ0n) is 14.2. The van der Waals surface area contributed by atoms with Gasteiger partial charge in [0.1, 0.15) is 11.4 Å². The normalized spacial score (nSPS) is 12.0. The van der Waals surface area contributed by atoms with E-state index < -0.39 is 10.0 Å². The van der Waals surface area contributed by atoms with Gasteiger partial charge in [-0.3, -0.25) is 0 Å². The average molecular weight is 359 g/mol. The molecule has 6 nitrogen and oxygen atoms in total. The number of nitrogens with zero attached hydrogens (tertiary/aromatic N) is 2. The maximum atomic E-state index is 12.4. The van der Waals surface area contributed by atoms with E-state index in [1.54, 1.807) is 24.3 Å². The number of hydrogen-bond donors (Lipinski definition) is 1. The maximum absolute atomic E-state index is 12.4. The lowest BCUT2D eigenvalue weighted by atomic mass is 10.3. The third-order valence-electron chi connectivity index (χ3n) is 3.59. The summed E-state index contributed by atoms with van der Waals surface area (Å²) >= 11 is 0. The second-order valence-electron chi connectivity index (χ2n) is 5.98. The minimum absolute atomic E-state index is 0.0472. The van der Waals surface area contributed by atoms with Crippen molar-refractivity contribution in [2.45, 2.75) is 31.3 Å². The van der Waals surface area contributed by atoms with Crippen LogP contribution in [0, 0.1) is 0 Å². The van der Waals surface area contributed by atoms with E-state index in [1.165, 1.54) is 0 Å². The Bertz CT molecular complexity index is 914. The summed E-state index contributed by atoms with van der Waals surface area (Å²) in [5.41, 5.74) is 1.69. The molecule has 0 aliphatic heterocycles. The van der Waals surface area contributed by atoms with E-state index in [9.17, 15) is 8.42 Å². The molecule has 0 fully saturated rings. The predicted molar refractivity (Wildman–Crippen MR) is 96.3 cm³/mol. The molecule has 3 rings (SSSR count). The van der Waals surface area contributed by atoms with E-state index in [2.05, 4.69) is 9.71 Å². The number of rotatable bonds is 7. The van der Waals surface area contributed by atoms with Crippen molar-refractivity contribution in [3.05, 3.63) is 60.6 Å². The van der Waals surface area contributed by atoms with Gasteiger partial charge in [-0.25, -0.2) is 18.1 Å². The Kier molecular flexibility index (Phi) is 5.06. The summed E-state index contributed by atoms with van der Waals surface area (Å²) in [4.78, 5) is 4.68. The van der Waals surface area contributed by atoms with Crippen molar-refractivity contribution in [2.24, 2.45) is 0 Å². The Hall–Kier alpha value is -2.38. The molecular formula is C18H21N3O3S. The number of hydrogen-bond acceptors (Lipinski definition) is 4. The molecule has 2 aromatic heterocycles. The second kappa shape index (κ2) is 7.25. The molecule has 7 heteroatoms. The van der Waals surface area contributed by atoms with Gasteiger partial charge in [0.05, 0.1) is 16.7 Å². The van der Waals surface area contributed by atoms with Gasteiger partial charge in [0, 0.05) is 25.4 Å². The maximum Gasteiger partial charge on any atom is 0.240 e. The highest BCUT2D eigenvalue weighted by molar-refractivity contribution is 7.89.